The van der Waals surface area contributed by atoms with E-state index in [1.807, 2.05) is 0 Å². The first-order chi connectivity index (χ1) is 8.61. The highest BCUT2D eigenvalue weighted by atomic mass is 79.9. The monoisotopic (exact) mass is 312 g/mol. The standard InChI is InChI=1S/C14H21BrN2O/c1-11-4-5-14(13(15)8-11)17-7-3-6-16(2)9-12(17)10-18/h4-5,8,12,18H,3,6-7,9-10H2,1-2H3. The summed E-state index contributed by atoms with van der Waals surface area (Å²) in [6, 6.07) is 6.59. The van der Waals surface area contributed by atoms with Crippen molar-refractivity contribution in [1.82, 2.24) is 4.90 Å². The Morgan fingerprint density at radius 3 is 2.83 bits per heavy atom. The smallest absolute Gasteiger partial charge is 0.0648 e. The molecule has 0 saturated carbocycles. The van der Waals surface area contributed by atoms with E-state index in [1.165, 1.54) is 11.3 Å². The van der Waals surface area contributed by atoms with Crippen LogP contribution in [0.3, 0.4) is 0 Å². The van der Waals surface area contributed by atoms with E-state index in [4.69, 9.17) is 0 Å². The number of nitrogens with zero attached hydrogens (tertiary/aromatic N) is 2. The second-order valence-electron chi connectivity index (χ2n) is 5.10. The number of hydrogen-bond acceptors (Lipinski definition) is 3. The summed E-state index contributed by atoms with van der Waals surface area (Å²) in [5, 5.41) is 9.63. The summed E-state index contributed by atoms with van der Waals surface area (Å²) in [5.74, 6) is 0. The average Bonchev–Trinajstić information content (AvgIpc) is 2.51. The Hall–Kier alpha value is -0.580. The molecule has 0 radical (unpaired) electrons. The average molecular weight is 313 g/mol. The van der Waals surface area contributed by atoms with Crippen LogP contribution in [0.1, 0.15) is 12.0 Å². The van der Waals surface area contributed by atoms with Gasteiger partial charge in [0.2, 0.25) is 0 Å². The van der Waals surface area contributed by atoms with Gasteiger partial charge in [-0.05, 0) is 60.6 Å². The number of hydrogen-bond donors (Lipinski definition) is 1. The molecule has 4 heteroatoms. The van der Waals surface area contributed by atoms with Crippen LogP contribution in [0, 0.1) is 6.92 Å². The third-order valence-corrected chi connectivity index (χ3v) is 4.16. The predicted octanol–water partition coefficient (Wildman–Crippen LogP) is 2.26. The molecule has 1 atom stereocenters. The summed E-state index contributed by atoms with van der Waals surface area (Å²) in [4.78, 5) is 4.62. The first-order valence-corrected chi connectivity index (χ1v) is 7.23. The van der Waals surface area contributed by atoms with Crippen molar-refractivity contribution < 1.29 is 5.11 Å². The molecule has 0 bridgehead atoms. The third-order valence-electron chi connectivity index (χ3n) is 3.53. The minimum atomic E-state index is 0.177. The van der Waals surface area contributed by atoms with Crippen molar-refractivity contribution >= 4 is 21.6 Å². The summed E-state index contributed by atoms with van der Waals surface area (Å²) in [6.45, 7) is 5.30. The molecule has 0 amide bonds. The van der Waals surface area contributed by atoms with Crippen molar-refractivity contribution in [1.29, 1.82) is 0 Å². The maximum Gasteiger partial charge on any atom is 0.0648 e. The lowest BCUT2D eigenvalue weighted by molar-refractivity contribution is 0.229. The van der Waals surface area contributed by atoms with Gasteiger partial charge in [-0.15, -0.1) is 0 Å². The van der Waals surface area contributed by atoms with Crippen LogP contribution in [0.4, 0.5) is 5.69 Å². The van der Waals surface area contributed by atoms with Crippen LogP contribution in [0.25, 0.3) is 0 Å². The molecular formula is C14H21BrN2O. The number of likely N-dealkylation sites (N-methyl/N-ethyl adjacent to an activating group) is 1. The molecule has 1 aromatic carbocycles. The molecule has 3 nitrogen and oxygen atoms in total. The highest BCUT2D eigenvalue weighted by Crippen LogP contribution is 2.29. The van der Waals surface area contributed by atoms with Gasteiger partial charge in [0.1, 0.15) is 0 Å². The molecule has 1 saturated heterocycles. The zero-order valence-corrected chi connectivity index (χ0v) is 12.7. The molecule has 0 aliphatic carbocycles. The number of anilines is 1. The largest absolute Gasteiger partial charge is 0.394 e. The van der Waals surface area contributed by atoms with Crippen LogP contribution in [0.5, 0.6) is 0 Å². The lowest BCUT2D eigenvalue weighted by Gasteiger charge is -2.32. The normalized spacial score (nSPS) is 22.0. The van der Waals surface area contributed by atoms with Gasteiger partial charge in [0.05, 0.1) is 18.3 Å². The lowest BCUT2D eigenvalue weighted by Crippen LogP contribution is -2.43. The number of aryl methyl sites for hydroxylation is 1. The van der Waals surface area contributed by atoms with Gasteiger partial charge in [-0.1, -0.05) is 6.07 Å². The minimum absolute atomic E-state index is 0.177. The van der Waals surface area contributed by atoms with Crippen LogP contribution in [0.2, 0.25) is 0 Å². The molecule has 100 valence electrons. The van der Waals surface area contributed by atoms with Crippen molar-refractivity contribution in [3.63, 3.8) is 0 Å². The summed E-state index contributed by atoms with van der Waals surface area (Å²) in [7, 11) is 2.12. The Kier molecular flexibility index (Phi) is 4.65. The number of halogens is 1. The third kappa shape index (κ3) is 3.05. The summed E-state index contributed by atoms with van der Waals surface area (Å²) in [6.07, 6.45) is 1.13. The van der Waals surface area contributed by atoms with E-state index >= 15 is 0 Å². The lowest BCUT2D eigenvalue weighted by atomic mass is 10.1. The molecule has 1 aromatic rings. The number of benzene rings is 1. The fourth-order valence-corrected chi connectivity index (χ4v) is 3.28. The van der Waals surface area contributed by atoms with E-state index < -0.39 is 0 Å². The zero-order chi connectivity index (χ0) is 13.1. The maximum absolute atomic E-state index is 9.63. The van der Waals surface area contributed by atoms with Crippen LogP contribution < -0.4 is 4.90 Å². The highest BCUT2D eigenvalue weighted by molar-refractivity contribution is 9.10. The van der Waals surface area contributed by atoms with Crippen molar-refractivity contribution in [3.05, 3.63) is 28.2 Å². The number of aliphatic hydroxyl groups is 1. The Labute approximate surface area is 118 Å². The Bertz CT molecular complexity index is 411. The maximum atomic E-state index is 9.63. The summed E-state index contributed by atoms with van der Waals surface area (Å²) < 4.78 is 1.12. The quantitative estimate of drug-likeness (QED) is 0.907. The van der Waals surface area contributed by atoms with Gasteiger partial charge in [-0.25, -0.2) is 0 Å². The molecule has 18 heavy (non-hydrogen) atoms. The molecule has 1 aliphatic heterocycles. The van der Waals surface area contributed by atoms with Crippen molar-refractivity contribution in [2.24, 2.45) is 0 Å². The fourth-order valence-electron chi connectivity index (χ4n) is 2.56. The minimum Gasteiger partial charge on any atom is -0.394 e. The fraction of sp³-hybridized carbons (Fsp3) is 0.571. The van der Waals surface area contributed by atoms with Gasteiger partial charge in [0.15, 0.2) is 0 Å². The molecule has 1 unspecified atom stereocenters. The van der Waals surface area contributed by atoms with Crippen molar-refractivity contribution in [3.8, 4) is 0 Å². The van der Waals surface area contributed by atoms with Gasteiger partial charge in [0.25, 0.3) is 0 Å². The van der Waals surface area contributed by atoms with E-state index in [1.54, 1.807) is 0 Å². The van der Waals surface area contributed by atoms with Crippen LogP contribution >= 0.6 is 15.9 Å². The van der Waals surface area contributed by atoms with Crippen LogP contribution in [-0.4, -0.2) is 49.3 Å². The van der Waals surface area contributed by atoms with Gasteiger partial charge in [0, 0.05) is 17.6 Å². The molecule has 0 spiro atoms. The number of aliphatic hydroxyl groups excluding tert-OH is 1. The van der Waals surface area contributed by atoms with E-state index in [0.29, 0.717) is 0 Å². The Balaban J connectivity index is 2.28. The Morgan fingerprint density at radius 1 is 1.39 bits per heavy atom. The number of rotatable bonds is 2. The first kappa shape index (κ1) is 13.8. The molecule has 1 fully saturated rings. The molecule has 2 rings (SSSR count). The highest BCUT2D eigenvalue weighted by Gasteiger charge is 2.24. The first-order valence-electron chi connectivity index (χ1n) is 6.44. The summed E-state index contributed by atoms with van der Waals surface area (Å²) >= 11 is 3.64. The van der Waals surface area contributed by atoms with Gasteiger partial charge in [-0.3, -0.25) is 0 Å². The molecule has 1 heterocycles. The SMILES string of the molecule is Cc1ccc(N2CCCN(C)CC2CO)c(Br)c1. The van der Waals surface area contributed by atoms with E-state index in [0.717, 1.165) is 30.5 Å². The Morgan fingerprint density at radius 2 is 2.17 bits per heavy atom. The molecular weight excluding hydrogens is 292 g/mol. The molecule has 1 aliphatic rings. The predicted molar refractivity (Wildman–Crippen MR) is 79.2 cm³/mol. The van der Waals surface area contributed by atoms with Crippen LogP contribution in [0.15, 0.2) is 22.7 Å². The van der Waals surface area contributed by atoms with E-state index in [9.17, 15) is 5.11 Å². The van der Waals surface area contributed by atoms with E-state index in [2.05, 4.69) is 57.9 Å². The van der Waals surface area contributed by atoms with Crippen molar-refractivity contribution in [2.75, 3.05) is 38.2 Å². The molecule has 0 aromatic heterocycles. The second-order valence-corrected chi connectivity index (χ2v) is 5.95. The van der Waals surface area contributed by atoms with Gasteiger partial charge in [-0.2, -0.15) is 0 Å². The van der Waals surface area contributed by atoms with Crippen molar-refractivity contribution in [2.45, 2.75) is 19.4 Å². The van der Waals surface area contributed by atoms with Gasteiger partial charge < -0.3 is 14.9 Å². The zero-order valence-electron chi connectivity index (χ0n) is 11.1. The topological polar surface area (TPSA) is 26.7 Å². The van der Waals surface area contributed by atoms with Crippen LogP contribution in [-0.2, 0) is 0 Å². The van der Waals surface area contributed by atoms with Gasteiger partial charge >= 0.3 is 0 Å². The second kappa shape index (κ2) is 6.04. The molecule has 1 N–H and O–H groups in total. The van der Waals surface area contributed by atoms with E-state index in [-0.39, 0.29) is 12.6 Å². The summed E-state index contributed by atoms with van der Waals surface area (Å²) in [5.41, 5.74) is 2.44.